The molecule has 1 atom stereocenters. The molecule has 1 N–H and O–H groups in total. The first kappa shape index (κ1) is 16.2. The minimum absolute atomic E-state index is 0.00740. The van der Waals surface area contributed by atoms with Crippen molar-refractivity contribution in [3.8, 4) is 0 Å². The molecule has 118 valence electrons. The molecule has 0 aliphatic rings. The first-order valence-corrected chi connectivity index (χ1v) is 7.53. The molecule has 5 nitrogen and oxygen atoms in total. The number of carbonyl (C=O) groups excluding carboxylic acids is 1. The van der Waals surface area contributed by atoms with Crippen molar-refractivity contribution >= 4 is 16.8 Å². The highest BCUT2D eigenvalue weighted by Gasteiger charge is 2.21. The van der Waals surface area contributed by atoms with E-state index >= 15 is 0 Å². The number of aryl methyl sites for hydroxylation is 1. The van der Waals surface area contributed by atoms with E-state index in [0.29, 0.717) is 18.4 Å². The molecular weight excluding hydrogens is 278 g/mol. The Kier molecular flexibility index (Phi) is 4.64. The molecule has 0 spiro atoms. The maximum atomic E-state index is 12.1. The molecule has 0 fully saturated rings. The molecule has 1 heterocycles. The third-order valence-electron chi connectivity index (χ3n) is 3.99. The van der Waals surface area contributed by atoms with E-state index in [1.165, 1.54) is 6.20 Å². The summed E-state index contributed by atoms with van der Waals surface area (Å²) in [5.74, 6) is -0.00740. The molecule has 0 saturated carbocycles. The summed E-state index contributed by atoms with van der Waals surface area (Å²) in [6, 6.07) is 7.41. The standard InChI is InChI=1S/C17H23N3O2/c1-12(17(2,3)4)19-16(22)9-10-20-14-8-6-5-7-13(14)15(21)11-18-20/h5-8,11-12H,9-10H2,1-4H3,(H,19,22). The third-order valence-corrected chi connectivity index (χ3v) is 3.99. The van der Waals surface area contributed by atoms with Crippen LogP contribution in [0.15, 0.2) is 35.3 Å². The summed E-state index contributed by atoms with van der Waals surface area (Å²) < 4.78 is 1.71. The van der Waals surface area contributed by atoms with E-state index in [1.807, 2.05) is 25.1 Å². The molecule has 0 bridgehead atoms. The van der Waals surface area contributed by atoms with Gasteiger partial charge in [-0.1, -0.05) is 32.9 Å². The van der Waals surface area contributed by atoms with Crippen molar-refractivity contribution < 1.29 is 4.79 Å². The zero-order chi connectivity index (χ0) is 16.3. The Hall–Kier alpha value is -2.17. The highest BCUT2D eigenvalue weighted by Crippen LogP contribution is 2.18. The second kappa shape index (κ2) is 6.30. The molecular formula is C17H23N3O2. The molecule has 1 aromatic heterocycles. The van der Waals surface area contributed by atoms with Crippen molar-refractivity contribution in [1.29, 1.82) is 0 Å². The number of carbonyl (C=O) groups is 1. The molecule has 2 rings (SSSR count). The zero-order valence-corrected chi connectivity index (χ0v) is 13.6. The van der Waals surface area contributed by atoms with E-state index < -0.39 is 0 Å². The van der Waals surface area contributed by atoms with Gasteiger partial charge in [0.1, 0.15) is 0 Å². The number of aromatic nitrogens is 2. The normalized spacial score (nSPS) is 13.1. The lowest BCUT2D eigenvalue weighted by atomic mass is 9.88. The highest BCUT2D eigenvalue weighted by molar-refractivity contribution is 5.79. The van der Waals surface area contributed by atoms with Crippen molar-refractivity contribution in [3.05, 3.63) is 40.7 Å². The quantitative estimate of drug-likeness (QED) is 0.942. The van der Waals surface area contributed by atoms with Crippen LogP contribution in [0.25, 0.3) is 10.9 Å². The predicted octanol–water partition coefficient (Wildman–Crippen LogP) is 2.34. The van der Waals surface area contributed by atoms with Crippen LogP contribution in [0.2, 0.25) is 0 Å². The summed E-state index contributed by atoms with van der Waals surface area (Å²) in [6.45, 7) is 8.73. The number of rotatable bonds is 4. The largest absolute Gasteiger partial charge is 0.353 e. The topological polar surface area (TPSA) is 64.0 Å². The number of hydrogen-bond acceptors (Lipinski definition) is 3. The molecule has 0 aliphatic heterocycles. The van der Waals surface area contributed by atoms with E-state index in [1.54, 1.807) is 10.7 Å². The van der Waals surface area contributed by atoms with Crippen LogP contribution in [0.1, 0.15) is 34.1 Å². The lowest BCUT2D eigenvalue weighted by Gasteiger charge is -2.28. The van der Waals surface area contributed by atoms with Gasteiger partial charge < -0.3 is 5.32 Å². The molecule has 1 aromatic carbocycles. The number of nitrogens with one attached hydrogen (secondary N) is 1. The Labute approximate surface area is 130 Å². The van der Waals surface area contributed by atoms with Crippen LogP contribution >= 0.6 is 0 Å². The summed E-state index contributed by atoms with van der Waals surface area (Å²) in [4.78, 5) is 23.8. The minimum atomic E-state index is -0.0994. The lowest BCUT2D eigenvalue weighted by Crippen LogP contribution is -2.41. The van der Waals surface area contributed by atoms with Crippen LogP contribution in [-0.4, -0.2) is 21.7 Å². The Bertz CT molecular complexity index is 728. The Balaban J connectivity index is 2.08. The fourth-order valence-corrected chi connectivity index (χ4v) is 2.08. The predicted molar refractivity (Wildman–Crippen MR) is 87.7 cm³/mol. The number of para-hydroxylation sites is 1. The second-order valence-electron chi connectivity index (χ2n) is 6.65. The van der Waals surface area contributed by atoms with E-state index in [4.69, 9.17) is 0 Å². The van der Waals surface area contributed by atoms with Gasteiger partial charge in [-0.05, 0) is 24.5 Å². The van der Waals surface area contributed by atoms with Crippen LogP contribution < -0.4 is 10.7 Å². The van der Waals surface area contributed by atoms with Gasteiger partial charge in [0.15, 0.2) is 0 Å². The highest BCUT2D eigenvalue weighted by atomic mass is 16.1. The van der Waals surface area contributed by atoms with Gasteiger partial charge in [0.05, 0.1) is 18.3 Å². The molecule has 1 amide bonds. The fraction of sp³-hybridized carbons (Fsp3) is 0.471. The van der Waals surface area contributed by atoms with Gasteiger partial charge in [0, 0.05) is 17.8 Å². The average Bonchev–Trinajstić information content (AvgIpc) is 2.46. The minimum Gasteiger partial charge on any atom is -0.353 e. The molecule has 0 radical (unpaired) electrons. The Morgan fingerprint density at radius 1 is 1.32 bits per heavy atom. The van der Waals surface area contributed by atoms with Crippen molar-refractivity contribution in [1.82, 2.24) is 15.1 Å². The number of nitrogens with zero attached hydrogens (tertiary/aromatic N) is 2. The molecule has 5 heteroatoms. The van der Waals surface area contributed by atoms with Crippen LogP contribution in [0.3, 0.4) is 0 Å². The first-order valence-electron chi connectivity index (χ1n) is 7.53. The van der Waals surface area contributed by atoms with Gasteiger partial charge in [0.25, 0.3) is 0 Å². The van der Waals surface area contributed by atoms with Crippen LogP contribution in [0.4, 0.5) is 0 Å². The van der Waals surface area contributed by atoms with E-state index in [9.17, 15) is 9.59 Å². The van der Waals surface area contributed by atoms with E-state index in [2.05, 4.69) is 31.2 Å². The van der Waals surface area contributed by atoms with Gasteiger partial charge in [0.2, 0.25) is 11.3 Å². The first-order chi connectivity index (χ1) is 10.3. The van der Waals surface area contributed by atoms with Gasteiger partial charge >= 0.3 is 0 Å². The molecule has 2 aromatic rings. The summed E-state index contributed by atoms with van der Waals surface area (Å²) >= 11 is 0. The van der Waals surface area contributed by atoms with Crippen molar-refractivity contribution in [2.45, 2.75) is 46.7 Å². The summed E-state index contributed by atoms with van der Waals surface area (Å²) in [5, 5.41) is 7.76. The summed E-state index contributed by atoms with van der Waals surface area (Å²) in [5.41, 5.74) is 0.683. The van der Waals surface area contributed by atoms with Crippen LogP contribution in [0, 0.1) is 5.41 Å². The average molecular weight is 301 g/mol. The molecule has 22 heavy (non-hydrogen) atoms. The Morgan fingerprint density at radius 2 is 2.00 bits per heavy atom. The van der Waals surface area contributed by atoms with Gasteiger partial charge in [-0.3, -0.25) is 14.3 Å². The second-order valence-corrected chi connectivity index (χ2v) is 6.65. The Morgan fingerprint density at radius 3 is 2.68 bits per heavy atom. The fourth-order valence-electron chi connectivity index (χ4n) is 2.08. The number of hydrogen-bond donors (Lipinski definition) is 1. The summed E-state index contributed by atoms with van der Waals surface area (Å²) in [7, 11) is 0. The van der Waals surface area contributed by atoms with Gasteiger partial charge in [-0.2, -0.15) is 5.10 Å². The number of fused-ring (bicyclic) bond motifs is 1. The molecule has 0 aliphatic carbocycles. The van der Waals surface area contributed by atoms with Crippen LogP contribution in [-0.2, 0) is 11.3 Å². The zero-order valence-electron chi connectivity index (χ0n) is 13.6. The summed E-state index contributed by atoms with van der Waals surface area (Å²) in [6.07, 6.45) is 1.64. The maximum Gasteiger partial charge on any atom is 0.222 e. The van der Waals surface area contributed by atoms with Gasteiger partial charge in [-0.15, -0.1) is 0 Å². The lowest BCUT2D eigenvalue weighted by molar-refractivity contribution is -0.122. The van der Waals surface area contributed by atoms with Crippen molar-refractivity contribution in [3.63, 3.8) is 0 Å². The van der Waals surface area contributed by atoms with E-state index in [-0.39, 0.29) is 22.8 Å². The van der Waals surface area contributed by atoms with Crippen LogP contribution in [0.5, 0.6) is 0 Å². The SMILES string of the molecule is CC(NC(=O)CCn1ncc(=O)c2ccccc21)C(C)(C)C. The monoisotopic (exact) mass is 301 g/mol. The number of benzene rings is 1. The molecule has 0 saturated heterocycles. The number of amides is 1. The smallest absolute Gasteiger partial charge is 0.222 e. The van der Waals surface area contributed by atoms with Crippen molar-refractivity contribution in [2.75, 3.05) is 0 Å². The maximum absolute atomic E-state index is 12.1. The van der Waals surface area contributed by atoms with E-state index in [0.717, 1.165) is 5.52 Å². The molecule has 1 unspecified atom stereocenters. The van der Waals surface area contributed by atoms with Gasteiger partial charge in [-0.25, -0.2) is 0 Å². The third kappa shape index (κ3) is 3.72. The van der Waals surface area contributed by atoms with Crippen molar-refractivity contribution in [2.24, 2.45) is 5.41 Å².